The second-order valence-corrected chi connectivity index (χ2v) is 3.46. The molecule has 0 fully saturated rings. The van der Waals surface area contributed by atoms with Crippen molar-refractivity contribution in [2.75, 3.05) is 24.2 Å². The first-order valence-corrected chi connectivity index (χ1v) is 5.38. The van der Waals surface area contributed by atoms with Crippen LogP contribution in [-0.2, 0) is 0 Å². The van der Waals surface area contributed by atoms with Crippen LogP contribution in [0, 0.1) is 18.4 Å². The number of nitriles is 1. The van der Waals surface area contributed by atoms with E-state index in [0.717, 1.165) is 11.5 Å². The van der Waals surface area contributed by atoms with Crippen LogP contribution in [-0.4, -0.2) is 35.3 Å². The van der Waals surface area contributed by atoms with Crippen molar-refractivity contribution in [1.29, 1.82) is 5.26 Å². The van der Waals surface area contributed by atoms with Crippen molar-refractivity contribution in [1.82, 2.24) is 15.3 Å². The van der Waals surface area contributed by atoms with Gasteiger partial charge in [0.05, 0.1) is 12.0 Å². The van der Waals surface area contributed by atoms with Gasteiger partial charge in [-0.15, -0.1) is 0 Å². The van der Waals surface area contributed by atoms with Crippen molar-refractivity contribution in [3.63, 3.8) is 0 Å². The van der Waals surface area contributed by atoms with Crippen LogP contribution in [0.2, 0.25) is 0 Å². The molecule has 0 saturated carbocycles. The van der Waals surface area contributed by atoms with Crippen molar-refractivity contribution in [2.24, 2.45) is 4.99 Å². The molecule has 6 nitrogen and oxygen atoms in total. The number of nitrogens with zero attached hydrogens (tertiary/aromatic N) is 4. The van der Waals surface area contributed by atoms with Gasteiger partial charge in [-0.3, -0.25) is 15.2 Å². The molecule has 0 atom stereocenters. The van der Waals surface area contributed by atoms with Gasteiger partial charge in [0.2, 0.25) is 5.96 Å². The molecule has 1 heterocycles. The number of aliphatic imine (C=N–C) groups is 1. The molecule has 1 aromatic rings. The Morgan fingerprint density at radius 1 is 1.81 bits per heavy atom. The molecular formula is C9H14N6S. The largest absolute Gasteiger partial charge is 0.347 e. The maximum absolute atomic E-state index is 8.64. The molecule has 0 aliphatic heterocycles. The van der Waals surface area contributed by atoms with E-state index in [0.29, 0.717) is 18.3 Å². The summed E-state index contributed by atoms with van der Waals surface area (Å²) in [4.78, 5) is 13.0. The van der Waals surface area contributed by atoms with Gasteiger partial charge in [0, 0.05) is 19.3 Å². The molecule has 0 bridgehead atoms. The van der Waals surface area contributed by atoms with Gasteiger partial charge in [-0.25, -0.2) is 4.98 Å². The lowest BCUT2D eigenvalue weighted by molar-refractivity contribution is 0.986. The van der Waals surface area contributed by atoms with E-state index in [9.17, 15) is 0 Å². The molecule has 0 aromatic carbocycles. The Labute approximate surface area is 99.8 Å². The lowest BCUT2D eigenvalue weighted by Crippen LogP contribution is -2.41. The highest BCUT2D eigenvalue weighted by atomic mass is 32.1. The molecule has 0 aliphatic rings. The van der Waals surface area contributed by atoms with E-state index in [1.165, 1.54) is 0 Å². The SMILES string of the molecule is CN=C(NC#N)N(CCS)c1nc[nH]c1C. The molecule has 2 N–H and O–H groups in total. The molecule has 0 spiro atoms. The van der Waals surface area contributed by atoms with Gasteiger partial charge < -0.3 is 4.98 Å². The Morgan fingerprint density at radius 3 is 3.00 bits per heavy atom. The molecule has 0 radical (unpaired) electrons. The minimum absolute atomic E-state index is 0.465. The molecule has 7 heteroatoms. The standard InChI is InChI=1S/C9H14N6S/c1-7-8(14-6-13-7)15(3-4-16)9(11-2)12-5-10/h6,16H,3-4H2,1-2H3,(H,11,12)(H,13,14). The number of hydrogen-bond acceptors (Lipinski definition) is 4. The maximum Gasteiger partial charge on any atom is 0.212 e. The quantitative estimate of drug-likeness (QED) is 0.236. The van der Waals surface area contributed by atoms with Gasteiger partial charge in [-0.1, -0.05) is 0 Å². The molecule has 0 aliphatic carbocycles. The minimum atomic E-state index is 0.465. The first-order valence-electron chi connectivity index (χ1n) is 4.74. The smallest absolute Gasteiger partial charge is 0.212 e. The van der Waals surface area contributed by atoms with Crippen LogP contribution >= 0.6 is 12.6 Å². The van der Waals surface area contributed by atoms with Crippen molar-refractivity contribution < 1.29 is 0 Å². The van der Waals surface area contributed by atoms with E-state index in [2.05, 4.69) is 32.9 Å². The minimum Gasteiger partial charge on any atom is -0.347 e. The summed E-state index contributed by atoms with van der Waals surface area (Å²) in [6.45, 7) is 2.53. The van der Waals surface area contributed by atoms with Gasteiger partial charge in [0.1, 0.15) is 0 Å². The predicted molar refractivity (Wildman–Crippen MR) is 66.6 cm³/mol. The molecule has 1 aromatic heterocycles. The number of rotatable bonds is 3. The maximum atomic E-state index is 8.64. The van der Waals surface area contributed by atoms with E-state index < -0.39 is 0 Å². The van der Waals surface area contributed by atoms with Gasteiger partial charge in [-0.2, -0.15) is 17.9 Å². The Bertz CT molecular complexity index is 404. The number of hydrogen-bond donors (Lipinski definition) is 3. The highest BCUT2D eigenvalue weighted by molar-refractivity contribution is 7.80. The third kappa shape index (κ3) is 2.67. The average molecular weight is 238 g/mol. The van der Waals surface area contributed by atoms with Gasteiger partial charge >= 0.3 is 0 Å². The van der Waals surface area contributed by atoms with E-state index in [4.69, 9.17) is 5.26 Å². The zero-order chi connectivity index (χ0) is 12.0. The Balaban J connectivity index is 3.00. The zero-order valence-corrected chi connectivity index (χ0v) is 10.1. The summed E-state index contributed by atoms with van der Waals surface area (Å²) >= 11 is 4.18. The van der Waals surface area contributed by atoms with Gasteiger partial charge in [0.15, 0.2) is 12.0 Å². The van der Waals surface area contributed by atoms with Gasteiger partial charge in [0.25, 0.3) is 0 Å². The Kier molecular flexibility index (Phi) is 4.66. The zero-order valence-electron chi connectivity index (χ0n) is 9.23. The first kappa shape index (κ1) is 12.4. The van der Waals surface area contributed by atoms with Crippen LogP contribution in [0.25, 0.3) is 0 Å². The summed E-state index contributed by atoms with van der Waals surface area (Å²) in [6, 6.07) is 0. The summed E-state index contributed by atoms with van der Waals surface area (Å²) in [6.07, 6.45) is 3.46. The third-order valence-electron chi connectivity index (χ3n) is 2.02. The number of nitrogens with one attached hydrogen (secondary N) is 2. The number of aromatic nitrogens is 2. The molecule has 0 saturated heterocycles. The van der Waals surface area contributed by atoms with Gasteiger partial charge in [-0.05, 0) is 6.92 Å². The van der Waals surface area contributed by atoms with Crippen LogP contribution < -0.4 is 10.2 Å². The summed E-state index contributed by atoms with van der Waals surface area (Å²) in [5, 5.41) is 11.2. The van der Waals surface area contributed by atoms with Crippen LogP contribution in [0.15, 0.2) is 11.3 Å². The van der Waals surface area contributed by atoms with Crippen molar-refractivity contribution >= 4 is 24.4 Å². The fraction of sp³-hybridized carbons (Fsp3) is 0.444. The highest BCUT2D eigenvalue weighted by Crippen LogP contribution is 2.14. The molecular weight excluding hydrogens is 224 g/mol. The van der Waals surface area contributed by atoms with E-state index in [1.54, 1.807) is 13.4 Å². The number of H-pyrrole nitrogens is 1. The number of aryl methyl sites for hydroxylation is 1. The molecule has 1 rings (SSSR count). The van der Waals surface area contributed by atoms with Crippen LogP contribution in [0.5, 0.6) is 0 Å². The topological polar surface area (TPSA) is 80.1 Å². The lowest BCUT2D eigenvalue weighted by Gasteiger charge is -2.22. The first-order chi connectivity index (χ1) is 7.74. The molecule has 0 amide bonds. The summed E-state index contributed by atoms with van der Waals surface area (Å²) in [5.74, 6) is 1.85. The predicted octanol–water partition coefficient (Wildman–Crippen LogP) is 0.511. The summed E-state index contributed by atoms with van der Waals surface area (Å²) in [7, 11) is 1.62. The normalized spacial score (nSPS) is 11.0. The van der Waals surface area contributed by atoms with E-state index in [-0.39, 0.29) is 0 Å². The third-order valence-corrected chi connectivity index (χ3v) is 2.22. The molecule has 16 heavy (non-hydrogen) atoms. The number of thiol groups is 1. The fourth-order valence-electron chi connectivity index (χ4n) is 1.33. The second kappa shape index (κ2) is 6.02. The Morgan fingerprint density at radius 2 is 2.56 bits per heavy atom. The van der Waals surface area contributed by atoms with E-state index in [1.807, 2.05) is 18.0 Å². The van der Waals surface area contributed by atoms with Crippen molar-refractivity contribution in [3.8, 4) is 6.19 Å². The van der Waals surface area contributed by atoms with Crippen LogP contribution in [0.3, 0.4) is 0 Å². The second-order valence-electron chi connectivity index (χ2n) is 3.01. The lowest BCUT2D eigenvalue weighted by atomic mass is 10.4. The molecule has 0 unspecified atom stereocenters. The van der Waals surface area contributed by atoms with Crippen LogP contribution in [0.4, 0.5) is 5.82 Å². The van der Waals surface area contributed by atoms with Crippen molar-refractivity contribution in [2.45, 2.75) is 6.92 Å². The average Bonchev–Trinajstić information content (AvgIpc) is 2.69. The highest BCUT2D eigenvalue weighted by Gasteiger charge is 2.16. The molecule has 86 valence electrons. The summed E-state index contributed by atoms with van der Waals surface area (Å²) < 4.78 is 0. The van der Waals surface area contributed by atoms with E-state index >= 15 is 0 Å². The fourth-order valence-corrected chi connectivity index (χ4v) is 1.53. The Hall–Kier alpha value is -1.68. The van der Waals surface area contributed by atoms with Crippen molar-refractivity contribution in [3.05, 3.63) is 12.0 Å². The number of anilines is 1. The number of aromatic amines is 1. The van der Waals surface area contributed by atoms with Crippen LogP contribution in [0.1, 0.15) is 5.69 Å². The number of guanidine groups is 1. The number of imidazole rings is 1. The summed E-state index contributed by atoms with van der Waals surface area (Å²) in [5.41, 5.74) is 0.919. The monoisotopic (exact) mass is 238 g/mol.